The van der Waals surface area contributed by atoms with Crippen LogP contribution in [-0.4, -0.2) is 41.3 Å². The third-order valence-corrected chi connectivity index (χ3v) is 3.82. The molecule has 1 aromatic rings. The van der Waals surface area contributed by atoms with Crippen LogP contribution in [0.1, 0.15) is 49.4 Å². The first kappa shape index (κ1) is 21.3. The molecule has 2 rings (SSSR count). The zero-order valence-corrected chi connectivity index (χ0v) is 14.7. The number of carboxylic acid groups (broad SMARTS) is 2. The molecule has 3 N–H and O–H groups in total. The molecule has 1 atom stereocenters. The van der Waals surface area contributed by atoms with E-state index in [1.54, 1.807) is 24.3 Å². The van der Waals surface area contributed by atoms with Gasteiger partial charge in [-0.1, -0.05) is 37.5 Å². The van der Waals surface area contributed by atoms with Crippen molar-refractivity contribution in [2.45, 2.75) is 45.3 Å². The van der Waals surface area contributed by atoms with Crippen molar-refractivity contribution in [2.75, 3.05) is 6.54 Å². The van der Waals surface area contributed by atoms with Crippen molar-refractivity contribution in [3.8, 4) is 0 Å². The van der Waals surface area contributed by atoms with Crippen LogP contribution in [0.15, 0.2) is 30.3 Å². The number of rotatable bonds is 5. The van der Waals surface area contributed by atoms with E-state index in [1.807, 2.05) is 6.07 Å². The number of esters is 1. The Morgan fingerprint density at radius 2 is 1.65 bits per heavy atom. The summed E-state index contributed by atoms with van der Waals surface area (Å²) < 4.78 is 10.1. The molecular formula is C18H25NO7. The second-order valence-electron chi connectivity index (χ2n) is 5.91. The lowest BCUT2D eigenvalue weighted by Crippen LogP contribution is -2.34. The number of ether oxygens (including phenoxy) is 2. The first-order chi connectivity index (χ1) is 12.4. The van der Waals surface area contributed by atoms with Gasteiger partial charge in [-0.3, -0.25) is 0 Å². The van der Waals surface area contributed by atoms with E-state index in [2.05, 4.69) is 5.32 Å². The SMILES string of the molecule is CC(OC(=O)NCC1CCCCC1)OC(=O)c1ccccc1.O=C(O)O. The smallest absolute Gasteiger partial charge is 0.450 e. The largest absolute Gasteiger partial charge is 0.503 e. The van der Waals surface area contributed by atoms with E-state index < -0.39 is 24.5 Å². The van der Waals surface area contributed by atoms with E-state index in [0.717, 1.165) is 12.8 Å². The predicted octanol–water partition coefficient (Wildman–Crippen LogP) is 3.72. The highest BCUT2D eigenvalue weighted by Crippen LogP contribution is 2.22. The highest BCUT2D eigenvalue weighted by Gasteiger charge is 2.17. The zero-order valence-electron chi connectivity index (χ0n) is 14.7. The Morgan fingerprint density at radius 3 is 2.23 bits per heavy atom. The molecule has 1 saturated carbocycles. The Kier molecular flexibility index (Phi) is 9.59. The van der Waals surface area contributed by atoms with Crippen LogP contribution in [0.4, 0.5) is 9.59 Å². The van der Waals surface area contributed by atoms with Gasteiger partial charge in [-0.05, 0) is 30.9 Å². The van der Waals surface area contributed by atoms with Gasteiger partial charge in [-0.2, -0.15) is 0 Å². The number of benzene rings is 1. The van der Waals surface area contributed by atoms with Gasteiger partial charge in [0.25, 0.3) is 0 Å². The molecule has 1 unspecified atom stereocenters. The van der Waals surface area contributed by atoms with Crippen molar-refractivity contribution in [3.05, 3.63) is 35.9 Å². The molecule has 1 fully saturated rings. The van der Waals surface area contributed by atoms with Gasteiger partial charge in [-0.15, -0.1) is 0 Å². The minimum atomic E-state index is -1.83. The van der Waals surface area contributed by atoms with Gasteiger partial charge in [0.05, 0.1) is 5.56 Å². The van der Waals surface area contributed by atoms with E-state index in [9.17, 15) is 9.59 Å². The molecule has 144 valence electrons. The van der Waals surface area contributed by atoms with Crippen molar-refractivity contribution in [3.63, 3.8) is 0 Å². The van der Waals surface area contributed by atoms with Crippen molar-refractivity contribution in [2.24, 2.45) is 5.92 Å². The molecule has 0 aliphatic heterocycles. The van der Waals surface area contributed by atoms with Crippen LogP contribution in [0, 0.1) is 5.92 Å². The molecule has 8 nitrogen and oxygen atoms in total. The highest BCUT2D eigenvalue weighted by molar-refractivity contribution is 5.89. The quantitative estimate of drug-likeness (QED) is 0.535. The number of alkyl carbamates (subject to hydrolysis) is 1. The molecule has 26 heavy (non-hydrogen) atoms. The van der Waals surface area contributed by atoms with Gasteiger partial charge < -0.3 is 25.0 Å². The minimum absolute atomic E-state index is 0.431. The summed E-state index contributed by atoms with van der Waals surface area (Å²) in [5, 5.41) is 16.7. The second kappa shape index (κ2) is 11.7. The number of amides is 1. The van der Waals surface area contributed by atoms with E-state index in [1.165, 1.54) is 26.2 Å². The number of carbonyl (C=O) groups excluding carboxylic acids is 2. The summed E-state index contributed by atoms with van der Waals surface area (Å²) in [6.45, 7) is 2.15. The molecule has 0 aromatic heterocycles. The third-order valence-electron chi connectivity index (χ3n) is 3.82. The van der Waals surface area contributed by atoms with Crippen molar-refractivity contribution in [1.29, 1.82) is 0 Å². The molecular weight excluding hydrogens is 342 g/mol. The summed E-state index contributed by atoms with van der Waals surface area (Å²) in [6.07, 6.45) is 2.75. The molecule has 0 heterocycles. The molecule has 0 radical (unpaired) electrons. The maximum absolute atomic E-state index is 11.8. The van der Waals surface area contributed by atoms with Crippen LogP contribution >= 0.6 is 0 Å². The Hall–Kier alpha value is -2.77. The lowest BCUT2D eigenvalue weighted by molar-refractivity contribution is -0.0603. The Labute approximate surface area is 152 Å². The molecule has 1 aliphatic rings. The average molecular weight is 367 g/mol. The molecule has 0 saturated heterocycles. The Bertz CT molecular complexity index is 566. The maximum atomic E-state index is 11.8. The summed E-state index contributed by atoms with van der Waals surface area (Å²) in [5.74, 6) is 0.0247. The number of nitrogens with one attached hydrogen (secondary N) is 1. The molecule has 0 spiro atoms. The molecule has 1 aliphatic carbocycles. The summed E-state index contributed by atoms with van der Waals surface area (Å²) in [4.78, 5) is 32.1. The monoisotopic (exact) mass is 367 g/mol. The summed E-state index contributed by atoms with van der Waals surface area (Å²) in [7, 11) is 0. The third kappa shape index (κ3) is 9.51. The second-order valence-corrected chi connectivity index (χ2v) is 5.91. The maximum Gasteiger partial charge on any atom is 0.503 e. The van der Waals surface area contributed by atoms with Crippen molar-refractivity contribution in [1.82, 2.24) is 5.32 Å². The van der Waals surface area contributed by atoms with Crippen LogP contribution in [0.25, 0.3) is 0 Å². The summed E-state index contributed by atoms with van der Waals surface area (Å²) in [6, 6.07) is 8.61. The van der Waals surface area contributed by atoms with Gasteiger partial charge in [0.15, 0.2) is 0 Å². The van der Waals surface area contributed by atoms with Crippen LogP contribution < -0.4 is 5.32 Å². The fourth-order valence-electron chi connectivity index (χ4n) is 2.63. The number of hydrogen-bond donors (Lipinski definition) is 3. The van der Waals surface area contributed by atoms with Gasteiger partial charge in [-0.25, -0.2) is 14.4 Å². The van der Waals surface area contributed by atoms with Crippen LogP contribution in [0.5, 0.6) is 0 Å². The highest BCUT2D eigenvalue weighted by atomic mass is 16.7. The van der Waals surface area contributed by atoms with E-state index in [4.69, 9.17) is 24.5 Å². The minimum Gasteiger partial charge on any atom is -0.450 e. The molecule has 1 aromatic carbocycles. The van der Waals surface area contributed by atoms with Crippen LogP contribution in [0.3, 0.4) is 0 Å². The topological polar surface area (TPSA) is 122 Å². The van der Waals surface area contributed by atoms with Gasteiger partial charge >= 0.3 is 18.2 Å². The van der Waals surface area contributed by atoms with Gasteiger partial charge in [0.1, 0.15) is 0 Å². The first-order valence-electron chi connectivity index (χ1n) is 8.51. The number of carbonyl (C=O) groups is 3. The molecule has 0 bridgehead atoms. The summed E-state index contributed by atoms with van der Waals surface area (Å²) in [5.41, 5.74) is 0.431. The standard InChI is InChI=1S/C17H23NO4.CH2O3/c1-13(21-16(19)15-10-6-3-7-11-15)22-17(20)18-12-14-8-4-2-5-9-14;2-1(3)4/h3,6-7,10-11,13-14H,2,4-5,8-9,12H2,1H3,(H,18,20);(H2,2,3,4). The van der Waals surface area contributed by atoms with Crippen molar-refractivity contribution < 1.29 is 34.1 Å². The predicted molar refractivity (Wildman–Crippen MR) is 93.0 cm³/mol. The Morgan fingerprint density at radius 1 is 1.08 bits per heavy atom. The normalized spacial score (nSPS) is 15.0. The molecule has 1 amide bonds. The van der Waals surface area contributed by atoms with Gasteiger partial charge in [0, 0.05) is 13.5 Å². The lowest BCUT2D eigenvalue weighted by Gasteiger charge is -2.22. The first-order valence-corrected chi connectivity index (χ1v) is 8.51. The number of hydrogen-bond acceptors (Lipinski definition) is 5. The fourth-order valence-corrected chi connectivity index (χ4v) is 2.63. The van der Waals surface area contributed by atoms with Crippen LogP contribution in [0.2, 0.25) is 0 Å². The summed E-state index contributed by atoms with van der Waals surface area (Å²) >= 11 is 0. The van der Waals surface area contributed by atoms with E-state index >= 15 is 0 Å². The lowest BCUT2D eigenvalue weighted by atomic mass is 9.89. The Balaban J connectivity index is 0.000000765. The van der Waals surface area contributed by atoms with Crippen molar-refractivity contribution >= 4 is 18.2 Å². The van der Waals surface area contributed by atoms with E-state index in [0.29, 0.717) is 18.0 Å². The fraction of sp³-hybridized carbons (Fsp3) is 0.500. The zero-order chi connectivity index (χ0) is 19.4. The van der Waals surface area contributed by atoms with E-state index in [-0.39, 0.29) is 0 Å². The van der Waals surface area contributed by atoms with Gasteiger partial charge in [0.2, 0.25) is 6.29 Å². The van der Waals surface area contributed by atoms with Crippen LogP contribution in [-0.2, 0) is 9.47 Å². The molecule has 8 heteroatoms. The average Bonchev–Trinajstić information content (AvgIpc) is 2.61.